The molecule has 0 heterocycles. The fourth-order valence-corrected chi connectivity index (χ4v) is 4.72. The molecule has 0 N–H and O–H groups in total. The molecule has 0 radical (unpaired) electrons. The van der Waals surface area contributed by atoms with Crippen LogP contribution in [0.3, 0.4) is 0 Å². The zero-order valence-corrected chi connectivity index (χ0v) is 23.9. The summed E-state index contributed by atoms with van der Waals surface area (Å²) in [5, 5.41) is 0. The van der Waals surface area contributed by atoms with Crippen LogP contribution in [-0.4, -0.2) is 45.7 Å². The Hall–Kier alpha value is -3.44. The van der Waals surface area contributed by atoms with Crippen LogP contribution in [0.1, 0.15) is 49.8 Å². The number of benzene rings is 3. The Kier molecular flexibility index (Phi) is 12.3. The van der Waals surface area contributed by atoms with Gasteiger partial charge in [-0.05, 0) is 64.8 Å². The number of hydrogen-bond acceptors (Lipinski definition) is 4. The Morgan fingerprint density at radius 3 is 1.77 bits per heavy atom. The molecule has 0 bridgehead atoms. The maximum atomic E-state index is 6.06. The Labute approximate surface area is 239 Å². The molecule has 0 saturated heterocycles. The highest BCUT2D eigenvalue weighted by molar-refractivity contribution is 6.05. The Balaban J connectivity index is 1.64. The molecule has 1 atom stereocenters. The average molecular weight is 539 g/mol. The predicted molar refractivity (Wildman–Crippen MR) is 165 cm³/mol. The smallest absolute Gasteiger partial charge is 0.119 e. The molecule has 1 aliphatic rings. The van der Waals surface area contributed by atoms with E-state index in [2.05, 4.69) is 117 Å². The van der Waals surface area contributed by atoms with Crippen LogP contribution in [0.5, 0.6) is 5.75 Å². The summed E-state index contributed by atoms with van der Waals surface area (Å²) in [5.74, 6) is 0.845. The Morgan fingerprint density at radius 1 is 0.625 bits per heavy atom. The molecule has 0 spiro atoms. The van der Waals surface area contributed by atoms with E-state index in [1.165, 1.54) is 27.8 Å². The topological polar surface area (TPSA) is 36.9 Å². The van der Waals surface area contributed by atoms with Gasteiger partial charge in [0.1, 0.15) is 12.4 Å². The minimum Gasteiger partial charge on any atom is -0.491 e. The van der Waals surface area contributed by atoms with E-state index in [-0.39, 0.29) is 6.10 Å². The molecule has 4 heteroatoms. The van der Waals surface area contributed by atoms with Crippen LogP contribution in [0.4, 0.5) is 0 Å². The summed E-state index contributed by atoms with van der Waals surface area (Å²) in [6, 6.07) is 29.7. The molecule has 1 unspecified atom stereocenters. The van der Waals surface area contributed by atoms with Crippen LogP contribution in [0.25, 0.3) is 11.1 Å². The maximum Gasteiger partial charge on any atom is 0.119 e. The molecule has 1 aliphatic carbocycles. The molecular weight excluding hydrogens is 496 g/mol. The summed E-state index contributed by atoms with van der Waals surface area (Å²) in [7, 11) is 0. The zero-order valence-electron chi connectivity index (χ0n) is 23.9. The van der Waals surface area contributed by atoms with Crippen LogP contribution in [0.15, 0.2) is 109 Å². The highest BCUT2D eigenvalue weighted by Gasteiger charge is 2.19. The maximum absolute atomic E-state index is 6.06. The molecule has 0 aliphatic heterocycles. The quantitative estimate of drug-likeness (QED) is 0.136. The average Bonchev–Trinajstić information content (AvgIpc) is 3.01. The number of ether oxygens (including phenoxy) is 4. The van der Waals surface area contributed by atoms with Gasteiger partial charge in [-0.25, -0.2) is 0 Å². The highest BCUT2D eigenvalue weighted by Crippen LogP contribution is 2.39. The summed E-state index contributed by atoms with van der Waals surface area (Å²) >= 11 is 0. The molecule has 0 fully saturated rings. The van der Waals surface area contributed by atoms with E-state index < -0.39 is 0 Å². The van der Waals surface area contributed by atoms with Gasteiger partial charge >= 0.3 is 0 Å². The lowest BCUT2D eigenvalue weighted by Gasteiger charge is -2.22. The lowest BCUT2D eigenvalue weighted by Crippen LogP contribution is -2.16. The van der Waals surface area contributed by atoms with Crippen LogP contribution < -0.4 is 4.74 Å². The molecule has 0 saturated carbocycles. The second kappa shape index (κ2) is 16.6. The van der Waals surface area contributed by atoms with Crippen molar-refractivity contribution < 1.29 is 18.9 Å². The molecule has 3 aromatic carbocycles. The normalized spacial score (nSPS) is 15.4. The molecule has 210 valence electrons. The van der Waals surface area contributed by atoms with Gasteiger partial charge < -0.3 is 18.9 Å². The third kappa shape index (κ3) is 8.79. The van der Waals surface area contributed by atoms with E-state index in [1.54, 1.807) is 0 Å². The first-order valence-corrected chi connectivity index (χ1v) is 14.5. The summed E-state index contributed by atoms with van der Waals surface area (Å²) in [6.45, 7) is 8.15. The lowest BCUT2D eigenvalue weighted by molar-refractivity contribution is 0.0241. The standard InChI is InChI=1S/C36H42O4/c1-3-23-37-25-27-39-33-19-15-31(16-20-33)35(29-11-7-5-8-12-29)36(30-13-9-6-10-14-30)32-17-21-34(22-18-32)40-28-26-38-24-4-2/h5-21,34H,3-4,22-28H2,1-2H3/b36-35+. The number of allylic oxidation sites excluding steroid dienone is 3. The van der Waals surface area contributed by atoms with Gasteiger partial charge in [-0.15, -0.1) is 0 Å². The summed E-state index contributed by atoms with van der Waals surface area (Å²) in [5.41, 5.74) is 7.07. The van der Waals surface area contributed by atoms with E-state index in [0.29, 0.717) is 26.4 Å². The number of rotatable bonds is 16. The molecule has 4 nitrogen and oxygen atoms in total. The van der Waals surface area contributed by atoms with Crippen molar-refractivity contribution >= 4 is 11.1 Å². The van der Waals surface area contributed by atoms with Crippen molar-refractivity contribution in [1.29, 1.82) is 0 Å². The van der Waals surface area contributed by atoms with E-state index in [1.807, 2.05) is 0 Å². The second-order valence-electron chi connectivity index (χ2n) is 9.74. The van der Waals surface area contributed by atoms with Crippen molar-refractivity contribution in [3.05, 3.63) is 125 Å². The fourth-order valence-electron chi connectivity index (χ4n) is 4.72. The van der Waals surface area contributed by atoms with Gasteiger partial charge in [0.25, 0.3) is 0 Å². The first-order valence-electron chi connectivity index (χ1n) is 14.5. The third-order valence-corrected chi connectivity index (χ3v) is 6.62. The van der Waals surface area contributed by atoms with E-state index in [9.17, 15) is 0 Å². The monoisotopic (exact) mass is 538 g/mol. The van der Waals surface area contributed by atoms with Crippen LogP contribution in [-0.2, 0) is 14.2 Å². The van der Waals surface area contributed by atoms with Gasteiger partial charge in [-0.2, -0.15) is 0 Å². The van der Waals surface area contributed by atoms with Gasteiger partial charge in [-0.1, -0.05) is 105 Å². The zero-order chi connectivity index (χ0) is 27.8. The predicted octanol–water partition coefficient (Wildman–Crippen LogP) is 8.15. The van der Waals surface area contributed by atoms with Gasteiger partial charge in [0.05, 0.1) is 25.9 Å². The van der Waals surface area contributed by atoms with Crippen molar-refractivity contribution in [2.45, 2.75) is 39.2 Å². The van der Waals surface area contributed by atoms with Crippen molar-refractivity contribution in [2.75, 3.05) is 39.6 Å². The second-order valence-corrected chi connectivity index (χ2v) is 9.74. The van der Waals surface area contributed by atoms with E-state index >= 15 is 0 Å². The summed E-state index contributed by atoms with van der Waals surface area (Å²) < 4.78 is 23.1. The first-order chi connectivity index (χ1) is 19.8. The minimum atomic E-state index is 0.0592. The molecule has 0 amide bonds. The van der Waals surface area contributed by atoms with Crippen molar-refractivity contribution in [3.8, 4) is 5.75 Å². The van der Waals surface area contributed by atoms with E-state index in [0.717, 1.165) is 43.8 Å². The van der Waals surface area contributed by atoms with Crippen LogP contribution >= 0.6 is 0 Å². The lowest BCUT2D eigenvalue weighted by atomic mass is 9.84. The summed E-state index contributed by atoms with van der Waals surface area (Å²) in [4.78, 5) is 0. The highest BCUT2D eigenvalue weighted by atomic mass is 16.5. The van der Waals surface area contributed by atoms with Crippen molar-refractivity contribution in [2.24, 2.45) is 0 Å². The molecule has 4 rings (SSSR count). The molecule has 40 heavy (non-hydrogen) atoms. The first kappa shape index (κ1) is 29.5. The van der Waals surface area contributed by atoms with Crippen LogP contribution in [0.2, 0.25) is 0 Å². The SMILES string of the molecule is CCCOCCOc1ccc(/C(=C(/C2=CCC(OCCOCCC)C=C2)c2ccccc2)c2ccccc2)cc1. The van der Waals surface area contributed by atoms with Gasteiger partial charge in [0, 0.05) is 13.2 Å². The third-order valence-electron chi connectivity index (χ3n) is 6.62. The number of hydrogen-bond donors (Lipinski definition) is 0. The molecule has 3 aromatic rings. The van der Waals surface area contributed by atoms with Gasteiger partial charge in [-0.3, -0.25) is 0 Å². The van der Waals surface area contributed by atoms with Gasteiger partial charge in [0.2, 0.25) is 0 Å². The Bertz CT molecular complexity index is 1230. The largest absolute Gasteiger partial charge is 0.491 e. The van der Waals surface area contributed by atoms with Crippen molar-refractivity contribution in [1.82, 2.24) is 0 Å². The van der Waals surface area contributed by atoms with Crippen molar-refractivity contribution in [3.63, 3.8) is 0 Å². The Morgan fingerprint density at radius 2 is 1.20 bits per heavy atom. The van der Waals surface area contributed by atoms with Gasteiger partial charge in [0.15, 0.2) is 0 Å². The fraction of sp³-hybridized carbons (Fsp3) is 0.333. The molecular formula is C36H42O4. The van der Waals surface area contributed by atoms with Crippen LogP contribution in [0, 0.1) is 0 Å². The minimum absolute atomic E-state index is 0.0592. The molecule has 0 aromatic heterocycles. The van der Waals surface area contributed by atoms with E-state index in [4.69, 9.17) is 18.9 Å². The summed E-state index contributed by atoms with van der Waals surface area (Å²) in [6.07, 6.45) is 9.61.